The maximum Gasteiger partial charge on any atom is 0.148 e. The lowest BCUT2D eigenvalue weighted by molar-refractivity contribution is 0.429. The fourth-order valence-corrected chi connectivity index (χ4v) is 3.17. The highest BCUT2D eigenvalue weighted by Gasteiger charge is 2.12. The Morgan fingerprint density at radius 1 is 1.10 bits per heavy atom. The summed E-state index contributed by atoms with van der Waals surface area (Å²) in [7, 11) is 0. The van der Waals surface area contributed by atoms with Crippen LogP contribution in [0.4, 0.5) is 0 Å². The van der Waals surface area contributed by atoms with Crippen molar-refractivity contribution in [2.75, 3.05) is 6.54 Å². The second-order valence-electron chi connectivity index (χ2n) is 6.19. The Hall–Kier alpha value is -1.26. The van der Waals surface area contributed by atoms with E-state index in [9.17, 15) is 0 Å². The van der Waals surface area contributed by atoms with Crippen molar-refractivity contribution in [3.63, 3.8) is 0 Å². The Balaban J connectivity index is 2.09. The fourth-order valence-electron chi connectivity index (χ4n) is 2.15. The van der Waals surface area contributed by atoms with Crippen molar-refractivity contribution in [3.8, 4) is 10.6 Å². The molecule has 1 aromatic carbocycles. The third-order valence-corrected chi connectivity index (χ3v) is 4.16. The number of nitrogens with one attached hydrogen (secondary N) is 1. The molecule has 2 rings (SSSR count). The number of aryl methyl sites for hydroxylation is 2. The number of hydrogen-bond acceptors (Lipinski definition) is 4. The standard InChI is InChI=1S/C16H23N3S/c1-11-7-6-8-12(2)14(11)15-19-18-13(20-15)9-10-17-16(3,4)5/h6-8,17H,9-10H2,1-5H3. The minimum atomic E-state index is 0.153. The summed E-state index contributed by atoms with van der Waals surface area (Å²) >= 11 is 1.70. The summed E-state index contributed by atoms with van der Waals surface area (Å²) in [6.07, 6.45) is 0.930. The van der Waals surface area contributed by atoms with E-state index in [2.05, 4.69) is 68.3 Å². The van der Waals surface area contributed by atoms with Crippen molar-refractivity contribution >= 4 is 11.3 Å². The second-order valence-corrected chi connectivity index (χ2v) is 7.26. The van der Waals surface area contributed by atoms with Crippen LogP contribution >= 0.6 is 11.3 Å². The predicted octanol–water partition coefficient (Wildman–Crippen LogP) is 3.75. The highest BCUT2D eigenvalue weighted by atomic mass is 32.1. The van der Waals surface area contributed by atoms with Crippen molar-refractivity contribution in [3.05, 3.63) is 34.3 Å². The molecule has 0 saturated heterocycles. The molecule has 3 nitrogen and oxygen atoms in total. The third-order valence-electron chi connectivity index (χ3n) is 3.16. The molecule has 2 aromatic rings. The van der Waals surface area contributed by atoms with E-state index >= 15 is 0 Å². The molecule has 4 heteroatoms. The summed E-state index contributed by atoms with van der Waals surface area (Å²) in [6.45, 7) is 11.7. The molecule has 108 valence electrons. The van der Waals surface area contributed by atoms with Crippen LogP contribution < -0.4 is 5.32 Å². The van der Waals surface area contributed by atoms with Crippen LogP contribution in [-0.4, -0.2) is 22.3 Å². The van der Waals surface area contributed by atoms with Gasteiger partial charge in [-0.15, -0.1) is 10.2 Å². The van der Waals surface area contributed by atoms with E-state index in [-0.39, 0.29) is 5.54 Å². The maximum atomic E-state index is 4.36. The van der Waals surface area contributed by atoms with E-state index < -0.39 is 0 Å². The number of aromatic nitrogens is 2. The van der Waals surface area contributed by atoms with Gasteiger partial charge in [-0.1, -0.05) is 29.5 Å². The first-order valence-corrected chi connectivity index (χ1v) is 7.82. The van der Waals surface area contributed by atoms with Gasteiger partial charge in [-0.3, -0.25) is 0 Å². The summed E-state index contributed by atoms with van der Waals surface area (Å²) in [5.41, 5.74) is 3.92. The van der Waals surface area contributed by atoms with Crippen LogP contribution in [0.1, 0.15) is 36.9 Å². The number of nitrogens with zero attached hydrogens (tertiary/aromatic N) is 2. The zero-order chi connectivity index (χ0) is 14.8. The fraction of sp³-hybridized carbons (Fsp3) is 0.500. The van der Waals surface area contributed by atoms with Gasteiger partial charge in [0, 0.05) is 24.1 Å². The summed E-state index contributed by atoms with van der Waals surface area (Å²) in [6, 6.07) is 6.35. The first kappa shape index (κ1) is 15.1. The minimum absolute atomic E-state index is 0.153. The van der Waals surface area contributed by atoms with E-state index in [1.54, 1.807) is 11.3 Å². The molecule has 0 fully saturated rings. The van der Waals surface area contributed by atoms with Gasteiger partial charge in [0.25, 0.3) is 0 Å². The third kappa shape index (κ3) is 3.87. The topological polar surface area (TPSA) is 37.8 Å². The van der Waals surface area contributed by atoms with E-state index in [4.69, 9.17) is 0 Å². The molecular weight excluding hydrogens is 266 g/mol. The highest BCUT2D eigenvalue weighted by molar-refractivity contribution is 7.14. The molecule has 1 N–H and O–H groups in total. The Bertz CT molecular complexity index is 561. The van der Waals surface area contributed by atoms with Gasteiger partial charge in [0.05, 0.1) is 0 Å². The average molecular weight is 289 g/mol. The van der Waals surface area contributed by atoms with E-state index in [0.29, 0.717) is 0 Å². The first-order valence-electron chi connectivity index (χ1n) is 7.01. The second kappa shape index (κ2) is 6.02. The molecular formula is C16H23N3S. The van der Waals surface area contributed by atoms with Crippen molar-refractivity contribution in [1.82, 2.24) is 15.5 Å². The maximum absolute atomic E-state index is 4.36. The SMILES string of the molecule is Cc1cccc(C)c1-c1nnc(CCNC(C)(C)C)s1. The van der Waals surface area contributed by atoms with E-state index in [0.717, 1.165) is 23.0 Å². The smallest absolute Gasteiger partial charge is 0.148 e. The molecule has 0 aliphatic rings. The molecule has 0 spiro atoms. The molecule has 0 aliphatic carbocycles. The Kier molecular flexibility index (Phi) is 4.55. The lowest BCUT2D eigenvalue weighted by Gasteiger charge is -2.19. The van der Waals surface area contributed by atoms with Crippen molar-refractivity contribution in [2.45, 2.75) is 46.6 Å². The summed E-state index contributed by atoms with van der Waals surface area (Å²) < 4.78 is 0. The molecule has 1 aromatic heterocycles. The van der Waals surface area contributed by atoms with Crippen molar-refractivity contribution in [1.29, 1.82) is 0 Å². The van der Waals surface area contributed by atoms with Crippen LogP contribution in [0.3, 0.4) is 0 Å². The van der Waals surface area contributed by atoms with Crippen LogP contribution in [0.5, 0.6) is 0 Å². The van der Waals surface area contributed by atoms with Crippen molar-refractivity contribution < 1.29 is 0 Å². The van der Waals surface area contributed by atoms with Crippen LogP contribution in [0, 0.1) is 13.8 Å². The van der Waals surface area contributed by atoms with Crippen LogP contribution in [0.15, 0.2) is 18.2 Å². The summed E-state index contributed by atoms with van der Waals surface area (Å²) in [5, 5.41) is 14.3. The molecule has 0 saturated carbocycles. The molecule has 1 heterocycles. The molecule has 0 amide bonds. The molecule has 20 heavy (non-hydrogen) atoms. The van der Waals surface area contributed by atoms with Gasteiger partial charge in [0.2, 0.25) is 0 Å². The van der Waals surface area contributed by atoms with Gasteiger partial charge in [-0.25, -0.2) is 0 Å². The van der Waals surface area contributed by atoms with Gasteiger partial charge >= 0.3 is 0 Å². The molecule has 0 aliphatic heterocycles. The molecule has 0 unspecified atom stereocenters. The monoisotopic (exact) mass is 289 g/mol. The Morgan fingerprint density at radius 2 is 1.75 bits per heavy atom. The normalized spacial score (nSPS) is 11.8. The lowest BCUT2D eigenvalue weighted by Crippen LogP contribution is -2.37. The lowest BCUT2D eigenvalue weighted by atomic mass is 10.0. The Labute approximate surface area is 125 Å². The van der Waals surface area contributed by atoms with Gasteiger partial charge in [0.15, 0.2) is 0 Å². The van der Waals surface area contributed by atoms with Crippen LogP contribution in [-0.2, 0) is 6.42 Å². The first-order chi connectivity index (χ1) is 9.37. The zero-order valence-corrected chi connectivity index (χ0v) is 13.8. The van der Waals surface area contributed by atoms with E-state index in [1.807, 2.05) is 0 Å². The van der Waals surface area contributed by atoms with Crippen molar-refractivity contribution in [2.24, 2.45) is 0 Å². The predicted molar refractivity (Wildman–Crippen MR) is 86.3 cm³/mol. The van der Waals surface area contributed by atoms with Gasteiger partial charge in [-0.2, -0.15) is 0 Å². The number of hydrogen-bond donors (Lipinski definition) is 1. The molecule has 0 bridgehead atoms. The number of rotatable bonds is 4. The quantitative estimate of drug-likeness (QED) is 0.931. The minimum Gasteiger partial charge on any atom is -0.312 e. The van der Waals surface area contributed by atoms with Crippen LogP contribution in [0.25, 0.3) is 10.6 Å². The zero-order valence-electron chi connectivity index (χ0n) is 12.9. The number of benzene rings is 1. The van der Waals surface area contributed by atoms with E-state index in [1.165, 1.54) is 16.7 Å². The summed E-state index contributed by atoms with van der Waals surface area (Å²) in [4.78, 5) is 0. The average Bonchev–Trinajstić information content (AvgIpc) is 2.75. The van der Waals surface area contributed by atoms with Crippen LogP contribution in [0.2, 0.25) is 0 Å². The highest BCUT2D eigenvalue weighted by Crippen LogP contribution is 2.29. The van der Waals surface area contributed by atoms with Gasteiger partial charge < -0.3 is 5.32 Å². The summed E-state index contributed by atoms with van der Waals surface area (Å²) in [5.74, 6) is 0. The van der Waals surface area contributed by atoms with Gasteiger partial charge in [0.1, 0.15) is 10.0 Å². The molecule has 0 atom stereocenters. The van der Waals surface area contributed by atoms with Gasteiger partial charge in [-0.05, 0) is 45.7 Å². The molecule has 0 radical (unpaired) electrons. The Morgan fingerprint density at radius 3 is 2.35 bits per heavy atom. The largest absolute Gasteiger partial charge is 0.312 e.